The first kappa shape index (κ1) is 15.9. The SMILES string of the molecule is COc1cccc(OC)c1C1(N)CCC(C(F)(F)F)CC1. The maximum atomic E-state index is 12.8. The molecule has 118 valence electrons. The molecule has 0 aromatic heterocycles. The smallest absolute Gasteiger partial charge is 0.391 e. The van der Waals surface area contributed by atoms with Crippen LogP contribution in [0.2, 0.25) is 0 Å². The second-order valence-electron chi connectivity index (χ2n) is 5.51. The highest BCUT2D eigenvalue weighted by atomic mass is 19.4. The first-order valence-electron chi connectivity index (χ1n) is 6.89. The molecule has 1 aromatic rings. The molecule has 3 nitrogen and oxygen atoms in total. The minimum absolute atomic E-state index is 0.0290. The van der Waals surface area contributed by atoms with Crippen LogP contribution >= 0.6 is 0 Å². The van der Waals surface area contributed by atoms with Crippen LogP contribution in [0.3, 0.4) is 0 Å². The predicted molar refractivity (Wildman–Crippen MR) is 73.4 cm³/mol. The summed E-state index contributed by atoms with van der Waals surface area (Å²) < 4.78 is 49.0. The molecule has 0 saturated heterocycles. The molecule has 1 aromatic carbocycles. The minimum atomic E-state index is -4.15. The molecule has 21 heavy (non-hydrogen) atoms. The average molecular weight is 303 g/mol. The highest BCUT2D eigenvalue weighted by molar-refractivity contribution is 5.49. The maximum absolute atomic E-state index is 12.8. The van der Waals surface area contributed by atoms with Gasteiger partial charge >= 0.3 is 6.18 Å². The largest absolute Gasteiger partial charge is 0.496 e. The summed E-state index contributed by atoms with van der Waals surface area (Å²) >= 11 is 0. The van der Waals surface area contributed by atoms with Crippen LogP contribution in [-0.2, 0) is 5.54 Å². The molecule has 0 unspecified atom stereocenters. The fraction of sp³-hybridized carbons (Fsp3) is 0.600. The van der Waals surface area contributed by atoms with E-state index in [1.807, 2.05) is 0 Å². The van der Waals surface area contributed by atoms with Crippen molar-refractivity contribution in [2.24, 2.45) is 11.7 Å². The molecule has 0 bridgehead atoms. The van der Waals surface area contributed by atoms with E-state index in [0.717, 1.165) is 0 Å². The molecule has 1 aliphatic carbocycles. The molecule has 0 amide bonds. The van der Waals surface area contributed by atoms with Crippen LogP contribution in [0.1, 0.15) is 31.2 Å². The van der Waals surface area contributed by atoms with E-state index < -0.39 is 17.6 Å². The molecule has 0 heterocycles. The van der Waals surface area contributed by atoms with Crippen molar-refractivity contribution in [1.82, 2.24) is 0 Å². The van der Waals surface area contributed by atoms with Gasteiger partial charge in [-0.2, -0.15) is 13.2 Å². The van der Waals surface area contributed by atoms with Crippen LogP contribution in [0, 0.1) is 5.92 Å². The van der Waals surface area contributed by atoms with Gasteiger partial charge in [-0.15, -0.1) is 0 Å². The van der Waals surface area contributed by atoms with Crippen molar-refractivity contribution in [1.29, 1.82) is 0 Å². The molecule has 6 heteroatoms. The third-order valence-electron chi connectivity index (χ3n) is 4.27. The Labute approximate surface area is 122 Å². The Hall–Kier alpha value is -1.43. The summed E-state index contributed by atoms with van der Waals surface area (Å²) in [6, 6.07) is 5.27. The maximum Gasteiger partial charge on any atom is 0.391 e. The quantitative estimate of drug-likeness (QED) is 0.927. The van der Waals surface area contributed by atoms with Crippen molar-refractivity contribution in [3.63, 3.8) is 0 Å². The molecule has 0 atom stereocenters. The van der Waals surface area contributed by atoms with Crippen molar-refractivity contribution in [3.8, 4) is 11.5 Å². The van der Waals surface area contributed by atoms with E-state index in [0.29, 0.717) is 17.1 Å². The number of benzene rings is 1. The molecular formula is C15H20F3NO2. The number of hydrogen-bond acceptors (Lipinski definition) is 3. The first-order valence-corrected chi connectivity index (χ1v) is 6.89. The zero-order chi connectivity index (χ0) is 15.7. The number of hydrogen-bond donors (Lipinski definition) is 1. The Morgan fingerprint density at radius 3 is 1.95 bits per heavy atom. The van der Waals surface area contributed by atoms with Crippen molar-refractivity contribution >= 4 is 0 Å². The van der Waals surface area contributed by atoms with Gasteiger partial charge < -0.3 is 15.2 Å². The topological polar surface area (TPSA) is 44.5 Å². The van der Waals surface area contributed by atoms with E-state index in [1.165, 1.54) is 14.2 Å². The summed E-state index contributed by atoms with van der Waals surface area (Å²) in [5, 5.41) is 0. The van der Waals surface area contributed by atoms with E-state index in [2.05, 4.69) is 0 Å². The van der Waals surface area contributed by atoms with Crippen molar-refractivity contribution < 1.29 is 22.6 Å². The van der Waals surface area contributed by atoms with Crippen LogP contribution in [0.25, 0.3) is 0 Å². The molecule has 1 saturated carbocycles. The van der Waals surface area contributed by atoms with E-state index in [1.54, 1.807) is 18.2 Å². The standard InChI is InChI=1S/C15H20F3NO2/c1-20-11-4-3-5-12(21-2)13(11)14(19)8-6-10(7-9-14)15(16,17)18/h3-5,10H,6-9,19H2,1-2H3. The summed E-state index contributed by atoms with van der Waals surface area (Å²) in [6.45, 7) is 0. The number of ether oxygens (including phenoxy) is 2. The second kappa shape index (κ2) is 5.75. The highest BCUT2D eigenvalue weighted by Crippen LogP contribution is 2.48. The number of rotatable bonds is 3. The predicted octanol–water partition coefficient (Wildman–Crippen LogP) is 3.61. The summed E-state index contributed by atoms with van der Waals surface area (Å²) in [7, 11) is 3.03. The Bertz CT molecular complexity index is 472. The molecule has 1 fully saturated rings. The van der Waals surface area contributed by atoms with E-state index in [-0.39, 0.29) is 25.7 Å². The number of methoxy groups -OCH3 is 2. The summed E-state index contributed by atoms with van der Waals surface area (Å²) in [5.41, 5.74) is 6.23. The average Bonchev–Trinajstić information content (AvgIpc) is 2.45. The lowest BCUT2D eigenvalue weighted by atomic mass is 9.72. The highest BCUT2D eigenvalue weighted by Gasteiger charge is 2.46. The van der Waals surface area contributed by atoms with Crippen molar-refractivity contribution in [2.45, 2.75) is 37.4 Å². The second-order valence-corrected chi connectivity index (χ2v) is 5.51. The summed E-state index contributed by atoms with van der Waals surface area (Å²) in [4.78, 5) is 0. The molecule has 2 N–H and O–H groups in total. The van der Waals surface area contributed by atoms with Crippen LogP contribution in [0.15, 0.2) is 18.2 Å². The van der Waals surface area contributed by atoms with Gasteiger partial charge in [-0.1, -0.05) is 6.07 Å². The van der Waals surface area contributed by atoms with Crippen LogP contribution in [0.5, 0.6) is 11.5 Å². The third-order valence-corrected chi connectivity index (χ3v) is 4.27. The van der Waals surface area contributed by atoms with E-state index in [9.17, 15) is 13.2 Å². The van der Waals surface area contributed by atoms with Gasteiger partial charge in [0.05, 0.1) is 25.7 Å². The Morgan fingerprint density at radius 1 is 1.10 bits per heavy atom. The number of alkyl halides is 3. The molecule has 0 aliphatic heterocycles. The Balaban J connectivity index is 2.31. The van der Waals surface area contributed by atoms with Gasteiger partial charge in [0.1, 0.15) is 11.5 Å². The normalized spacial score (nSPS) is 26.5. The number of nitrogens with two attached hydrogens (primary N) is 1. The van der Waals surface area contributed by atoms with Crippen LogP contribution in [0.4, 0.5) is 13.2 Å². The van der Waals surface area contributed by atoms with E-state index >= 15 is 0 Å². The van der Waals surface area contributed by atoms with Gasteiger partial charge in [0, 0.05) is 5.54 Å². The minimum Gasteiger partial charge on any atom is -0.496 e. The van der Waals surface area contributed by atoms with Crippen molar-refractivity contribution in [3.05, 3.63) is 23.8 Å². The monoisotopic (exact) mass is 303 g/mol. The van der Waals surface area contributed by atoms with Gasteiger partial charge in [-0.05, 0) is 37.8 Å². The van der Waals surface area contributed by atoms with Gasteiger partial charge in [0.15, 0.2) is 0 Å². The lowest BCUT2D eigenvalue weighted by Gasteiger charge is -2.39. The Morgan fingerprint density at radius 2 is 1.57 bits per heavy atom. The van der Waals surface area contributed by atoms with Gasteiger partial charge in [0.2, 0.25) is 0 Å². The van der Waals surface area contributed by atoms with Gasteiger partial charge in [-0.25, -0.2) is 0 Å². The molecule has 0 spiro atoms. The van der Waals surface area contributed by atoms with E-state index in [4.69, 9.17) is 15.2 Å². The first-order chi connectivity index (χ1) is 9.81. The van der Waals surface area contributed by atoms with Crippen molar-refractivity contribution in [2.75, 3.05) is 14.2 Å². The zero-order valence-electron chi connectivity index (χ0n) is 12.2. The zero-order valence-corrected chi connectivity index (χ0v) is 12.2. The molecule has 2 rings (SSSR count). The summed E-state index contributed by atoms with van der Waals surface area (Å²) in [6.07, 6.45) is -3.57. The fourth-order valence-electron chi connectivity index (χ4n) is 3.05. The molecule has 1 aliphatic rings. The number of halogens is 3. The lowest BCUT2D eigenvalue weighted by molar-refractivity contribution is -0.184. The van der Waals surface area contributed by atoms with Crippen LogP contribution in [-0.4, -0.2) is 20.4 Å². The van der Waals surface area contributed by atoms with Crippen LogP contribution < -0.4 is 15.2 Å². The Kier molecular flexibility index (Phi) is 4.37. The lowest BCUT2D eigenvalue weighted by Crippen LogP contribution is -2.43. The fourth-order valence-corrected chi connectivity index (χ4v) is 3.05. The molecule has 0 radical (unpaired) electrons. The van der Waals surface area contributed by atoms with Gasteiger partial charge in [0.25, 0.3) is 0 Å². The van der Waals surface area contributed by atoms with Gasteiger partial charge in [-0.3, -0.25) is 0 Å². The molecular weight excluding hydrogens is 283 g/mol. The third kappa shape index (κ3) is 3.10. The summed E-state index contributed by atoms with van der Waals surface area (Å²) in [5.74, 6) is -0.153.